The first kappa shape index (κ1) is 11.7. The van der Waals surface area contributed by atoms with Crippen molar-refractivity contribution in [1.29, 1.82) is 0 Å². The van der Waals surface area contributed by atoms with E-state index in [0.29, 0.717) is 5.06 Å². The smallest absolute Gasteiger partial charge is 0.367 e. The molecule has 1 amide bonds. The van der Waals surface area contributed by atoms with Crippen LogP contribution in [0, 0.1) is 0 Å². The zero-order valence-corrected chi connectivity index (χ0v) is 7.18. The van der Waals surface area contributed by atoms with Crippen molar-refractivity contribution in [2.45, 2.75) is 11.8 Å². The number of rotatable bonds is 2. The number of nitrogens with zero attached hydrogens (tertiary/aromatic N) is 1. The van der Waals surface area contributed by atoms with E-state index in [1.807, 2.05) is 0 Å². The number of alkyl halides is 4. The van der Waals surface area contributed by atoms with Crippen LogP contribution in [0.25, 0.3) is 0 Å². The number of carbonyl (C=O) groups excluding carboxylic acids is 2. The Hall–Kier alpha value is -1.38. The van der Waals surface area contributed by atoms with E-state index in [9.17, 15) is 27.2 Å². The quantitative estimate of drug-likeness (QED) is 0.650. The summed E-state index contributed by atoms with van der Waals surface area (Å²) in [6.45, 7) is -1.58. The molecule has 0 atom stereocenters. The first-order chi connectivity index (χ1) is 6.65. The molecule has 0 aliphatic carbocycles. The Bertz CT molecular complexity index is 297. The van der Waals surface area contributed by atoms with Gasteiger partial charge in [0.05, 0.1) is 13.1 Å². The van der Waals surface area contributed by atoms with E-state index >= 15 is 0 Å². The van der Waals surface area contributed by atoms with E-state index in [0.717, 1.165) is 0 Å². The molecule has 86 valence electrons. The fourth-order valence-corrected chi connectivity index (χ4v) is 0.902. The Morgan fingerprint density at radius 3 is 2.13 bits per heavy atom. The molecule has 1 aliphatic rings. The Morgan fingerprint density at radius 2 is 1.80 bits per heavy atom. The van der Waals surface area contributed by atoms with Gasteiger partial charge < -0.3 is 10.6 Å². The standard InChI is InChI=1S/C6H6F4N2O3/c7-5(3(11)13)1-12(2-5)15-4(14)6(8,9)10/h1-2H2,(H2,11,13). The number of primary amides is 1. The van der Waals surface area contributed by atoms with Gasteiger partial charge in [-0.05, 0) is 0 Å². The molecule has 0 radical (unpaired) electrons. The average Bonchev–Trinajstić information content (AvgIpc) is 1.98. The Morgan fingerprint density at radius 1 is 1.33 bits per heavy atom. The summed E-state index contributed by atoms with van der Waals surface area (Å²) < 4.78 is 47.9. The van der Waals surface area contributed by atoms with E-state index in [-0.39, 0.29) is 0 Å². The highest BCUT2D eigenvalue weighted by atomic mass is 19.4. The SMILES string of the molecule is NC(=O)C1(F)CN(OC(=O)C(F)(F)F)C1. The molecule has 0 saturated carbocycles. The van der Waals surface area contributed by atoms with Crippen molar-refractivity contribution in [2.24, 2.45) is 5.73 Å². The Balaban J connectivity index is 2.42. The summed E-state index contributed by atoms with van der Waals surface area (Å²) in [6, 6.07) is 0. The second-order valence-corrected chi connectivity index (χ2v) is 3.00. The molecule has 0 bridgehead atoms. The number of hydrogen-bond donors (Lipinski definition) is 1. The highest BCUT2D eigenvalue weighted by molar-refractivity contribution is 5.85. The van der Waals surface area contributed by atoms with Crippen LogP contribution < -0.4 is 5.73 Å². The van der Waals surface area contributed by atoms with E-state index in [1.54, 1.807) is 0 Å². The molecule has 1 aliphatic heterocycles. The van der Waals surface area contributed by atoms with Crippen LogP contribution in [0.15, 0.2) is 0 Å². The van der Waals surface area contributed by atoms with Crippen molar-refractivity contribution in [3.63, 3.8) is 0 Å². The summed E-state index contributed by atoms with van der Waals surface area (Å²) in [5, 5.41) is 0.376. The molecule has 0 aromatic heterocycles. The minimum absolute atomic E-state index is 0.376. The maximum atomic E-state index is 13.0. The molecule has 2 N–H and O–H groups in total. The number of nitrogens with two attached hydrogens (primary N) is 1. The maximum absolute atomic E-state index is 13.0. The summed E-state index contributed by atoms with van der Waals surface area (Å²) in [6.07, 6.45) is -5.15. The van der Waals surface area contributed by atoms with Gasteiger partial charge in [0.2, 0.25) is 5.67 Å². The topological polar surface area (TPSA) is 72.6 Å². The van der Waals surface area contributed by atoms with Crippen LogP contribution >= 0.6 is 0 Å². The van der Waals surface area contributed by atoms with Crippen molar-refractivity contribution >= 4 is 11.9 Å². The van der Waals surface area contributed by atoms with Crippen LogP contribution in [0.5, 0.6) is 0 Å². The van der Waals surface area contributed by atoms with E-state index in [2.05, 4.69) is 10.6 Å². The van der Waals surface area contributed by atoms with Gasteiger partial charge in [-0.3, -0.25) is 4.79 Å². The summed E-state index contributed by atoms with van der Waals surface area (Å²) in [5.41, 5.74) is 2.18. The molecule has 1 rings (SSSR count). The average molecular weight is 230 g/mol. The summed E-state index contributed by atoms with van der Waals surface area (Å²) in [7, 11) is 0. The third kappa shape index (κ3) is 2.35. The molecular weight excluding hydrogens is 224 g/mol. The Kier molecular flexibility index (Phi) is 2.60. The van der Waals surface area contributed by atoms with Crippen molar-refractivity contribution in [3.8, 4) is 0 Å². The zero-order chi connectivity index (χ0) is 11.9. The fraction of sp³-hybridized carbons (Fsp3) is 0.667. The Labute approximate surface area is 80.7 Å². The van der Waals surface area contributed by atoms with E-state index < -0.39 is 36.8 Å². The highest BCUT2D eigenvalue weighted by Gasteiger charge is 2.53. The molecule has 0 aromatic rings. The van der Waals surface area contributed by atoms with Gasteiger partial charge in [0, 0.05) is 0 Å². The molecule has 0 aromatic carbocycles. The third-order valence-electron chi connectivity index (χ3n) is 1.74. The van der Waals surface area contributed by atoms with Crippen molar-refractivity contribution in [2.75, 3.05) is 13.1 Å². The third-order valence-corrected chi connectivity index (χ3v) is 1.74. The van der Waals surface area contributed by atoms with Crippen molar-refractivity contribution in [3.05, 3.63) is 0 Å². The monoisotopic (exact) mass is 230 g/mol. The fourth-order valence-electron chi connectivity index (χ4n) is 0.902. The van der Waals surface area contributed by atoms with E-state index in [1.165, 1.54) is 0 Å². The van der Waals surface area contributed by atoms with Gasteiger partial charge >= 0.3 is 12.1 Å². The van der Waals surface area contributed by atoms with Gasteiger partial charge in [-0.1, -0.05) is 0 Å². The number of halogens is 4. The number of carbonyl (C=O) groups is 2. The van der Waals surface area contributed by atoms with Crippen molar-refractivity contribution < 1.29 is 32.0 Å². The van der Waals surface area contributed by atoms with Gasteiger partial charge in [-0.15, -0.1) is 5.06 Å². The highest BCUT2D eigenvalue weighted by Crippen LogP contribution is 2.27. The molecular formula is C6H6F4N2O3. The molecule has 0 spiro atoms. The zero-order valence-electron chi connectivity index (χ0n) is 7.18. The largest absolute Gasteiger partial charge is 0.492 e. The van der Waals surface area contributed by atoms with E-state index in [4.69, 9.17) is 0 Å². The number of hydroxylamine groups is 2. The lowest BCUT2D eigenvalue weighted by atomic mass is 9.98. The molecule has 1 saturated heterocycles. The maximum Gasteiger partial charge on any atom is 0.492 e. The summed E-state index contributed by atoms with van der Waals surface area (Å²) in [5.74, 6) is -3.77. The lowest BCUT2D eigenvalue weighted by molar-refractivity contribution is -0.269. The molecule has 1 heterocycles. The molecule has 0 unspecified atom stereocenters. The van der Waals surface area contributed by atoms with Crippen LogP contribution in [0.2, 0.25) is 0 Å². The normalized spacial score (nSPS) is 20.5. The predicted octanol–water partition coefficient (Wildman–Crippen LogP) is -0.484. The lowest BCUT2D eigenvalue weighted by Crippen LogP contribution is -2.65. The second kappa shape index (κ2) is 3.33. The first-order valence-corrected chi connectivity index (χ1v) is 3.68. The van der Waals surface area contributed by atoms with Gasteiger partial charge in [-0.2, -0.15) is 13.2 Å². The van der Waals surface area contributed by atoms with Crippen LogP contribution in [0.4, 0.5) is 17.6 Å². The molecule has 9 heteroatoms. The van der Waals surface area contributed by atoms with Crippen LogP contribution in [-0.2, 0) is 14.4 Å². The first-order valence-electron chi connectivity index (χ1n) is 3.68. The molecule has 15 heavy (non-hydrogen) atoms. The van der Waals surface area contributed by atoms with Gasteiger partial charge in [0.1, 0.15) is 0 Å². The molecule has 1 fully saturated rings. The minimum atomic E-state index is -5.15. The van der Waals surface area contributed by atoms with Gasteiger partial charge in [0.25, 0.3) is 5.91 Å². The van der Waals surface area contributed by atoms with Crippen LogP contribution in [0.3, 0.4) is 0 Å². The van der Waals surface area contributed by atoms with Crippen LogP contribution in [-0.4, -0.2) is 41.9 Å². The van der Waals surface area contributed by atoms with Crippen LogP contribution in [0.1, 0.15) is 0 Å². The van der Waals surface area contributed by atoms with Crippen molar-refractivity contribution in [1.82, 2.24) is 5.06 Å². The predicted molar refractivity (Wildman–Crippen MR) is 36.8 cm³/mol. The minimum Gasteiger partial charge on any atom is -0.367 e. The van der Waals surface area contributed by atoms with Gasteiger partial charge in [0.15, 0.2) is 0 Å². The second-order valence-electron chi connectivity index (χ2n) is 3.00. The number of hydrogen-bond acceptors (Lipinski definition) is 4. The lowest BCUT2D eigenvalue weighted by Gasteiger charge is -2.39. The summed E-state index contributed by atoms with van der Waals surface area (Å²) in [4.78, 5) is 24.3. The molecule has 5 nitrogen and oxygen atoms in total. The number of amides is 1. The summed E-state index contributed by atoms with van der Waals surface area (Å²) >= 11 is 0. The van der Waals surface area contributed by atoms with Gasteiger partial charge in [-0.25, -0.2) is 9.18 Å².